The van der Waals surface area contributed by atoms with Gasteiger partial charge < -0.3 is 15.0 Å². The van der Waals surface area contributed by atoms with Crippen LogP contribution in [0.5, 0.6) is 0 Å². The molecule has 1 aliphatic rings. The van der Waals surface area contributed by atoms with Crippen molar-refractivity contribution in [2.24, 2.45) is 0 Å². The Morgan fingerprint density at radius 1 is 1.47 bits per heavy atom. The van der Waals surface area contributed by atoms with E-state index in [4.69, 9.17) is 9.72 Å². The highest BCUT2D eigenvalue weighted by atomic mass is 16.5. The third kappa shape index (κ3) is 4.48. The summed E-state index contributed by atoms with van der Waals surface area (Å²) in [4.78, 5) is 7.08. The van der Waals surface area contributed by atoms with Crippen LogP contribution in [0.1, 0.15) is 32.9 Å². The van der Waals surface area contributed by atoms with Gasteiger partial charge in [0.2, 0.25) is 0 Å². The van der Waals surface area contributed by atoms with Crippen molar-refractivity contribution in [2.75, 3.05) is 24.6 Å². The van der Waals surface area contributed by atoms with Crippen molar-refractivity contribution in [1.29, 1.82) is 0 Å². The van der Waals surface area contributed by atoms with E-state index in [1.165, 1.54) is 0 Å². The van der Waals surface area contributed by atoms with E-state index in [-0.39, 0.29) is 6.10 Å². The second-order valence-corrected chi connectivity index (χ2v) is 5.50. The lowest BCUT2D eigenvalue weighted by Crippen LogP contribution is -2.31. The molecule has 0 spiro atoms. The summed E-state index contributed by atoms with van der Waals surface area (Å²) in [6, 6.07) is 6.75. The predicted octanol–water partition coefficient (Wildman–Crippen LogP) is 2.19. The summed E-state index contributed by atoms with van der Waals surface area (Å²) in [5.41, 5.74) is 1.10. The zero-order valence-electron chi connectivity index (χ0n) is 12.2. The van der Waals surface area contributed by atoms with Crippen molar-refractivity contribution in [2.45, 2.75) is 45.9 Å². The molecular formula is C15H25N3O. The molecule has 106 valence electrons. The molecule has 1 unspecified atom stereocenters. The molecule has 0 aromatic carbocycles. The van der Waals surface area contributed by atoms with Gasteiger partial charge in [-0.3, -0.25) is 0 Å². The molecule has 1 saturated heterocycles. The summed E-state index contributed by atoms with van der Waals surface area (Å²) in [5, 5.41) is 3.41. The van der Waals surface area contributed by atoms with Crippen LogP contribution in [0, 0.1) is 0 Å². The number of anilines is 1. The molecule has 1 atom stereocenters. The Morgan fingerprint density at radius 3 is 3.11 bits per heavy atom. The van der Waals surface area contributed by atoms with E-state index in [1.54, 1.807) is 0 Å². The van der Waals surface area contributed by atoms with Crippen LogP contribution in [0.2, 0.25) is 0 Å². The lowest BCUT2D eigenvalue weighted by atomic mass is 10.3. The maximum absolute atomic E-state index is 5.68. The Labute approximate surface area is 116 Å². The lowest BCUT2D eigenvalue weighted by molar-refractivity contribution is 0.0820. The molecule has 2 rings (SSSR count). The van der Waals surface area contributed by atoms with Gasteiger partial charge in [0, 0.05) is 32.3 Å². The summed E-state index contributed by atoms with van der Waals surface area (Å²) in [6.45, 7) is 10.1. The van der Waals surface area contributed by atoms with E-state index in [0.717, 1.165) is 44.2 Å². The minimum Gasteiger partial charge on any atom is -0.377 e. The number of rotatable bonds is 4. The molecule has 4 nitrogen and oxygen atoms in total. The molecule has 1 aliphatic heterocycles. The van der Waals surface area contributed by atoms with Gasteiger partial charge in [-0.2, -0.15) is 0 Å². The normalized spacial score (nSPS) is 20.6. The van der Waals surface area contributed by atoms with E-state index < -0.39 is 0 Å². The highest BCUT2D eigenvalue weighted by molar-refractivity contribution is 5.39. The van der Waals surface area contributed by atoms with E-state index in [2.05, 4.69) is 49.2 Å². The summed E-state index contributed by atoms with van der Waals surface area (Å²) < 4.78 is 5.68. The van der Waals surface area contributed by atoms with Gasteiger partial charge in [-0.1, -0.05) is 19.9 Å². The summed E-state index contributed by atoms with van der Waals surface area (Å²) >= 11 is 0. The summed E-state index contributed by atoms with van der Waals surface area (Å²) in [5.74, 6) is 1.07. The first-order valence-corrected chi connectivity index (χ1v) is 7.21. The molecule has 1 aromatic heterocycles. The SMILES string of the molecule is CC(C)NCc1cccc(N2CCCOC(C)C2)n1. The smallest absolute Gasteiger partial charge is 0.128 e. The standard InChI is InChI=1S/C15H25N3O/c1-12(2)16-10-14-6-4-7-15(17-14)18-8-5-9-19-13(3)11-18/h4,6-7,12-13,16H,5,8-11H2,1-3H3. The number of hydrogen-bond acceptors (Lipinski definition) is 4. The van der Waals surface area contributed by atoms with Crippen LogP contribution in [0.15, 0.2) is 18.2 Å². The van der Waals surface area contributed by atoms with Crippen molar-refractivity contribution in [3.63, 3.8) is 0 Å². The van der Waals surface area contributed by atoms with E-state index in [1.807, 2.05) is 0 Å². The molecule has 19 heavy (non-hydrogen) atoms. The number of aromatic nitrogens is 1. The zero-order valence-corrected chi connectivity index (χ0v) is 12.2. The Morgan fingerprint density at radius 2 is 2.32 bits per heavy atom. The molecule has 0 radical (unpaired) electrons. The second kappa shape index (κ2) is 6.87. The summed E-state index contributed by atoms with van der Waals surface area (Å²) in [7, 11) is 0. The van der Waals surface area contributed by atoms with Gasteiger partial charge in [-0.15, -0.1) is 0 Å². The largest absolute Gasteiger partial charge is 0.377 e. The van der Waals surface area contributed by atoms with Crippen molar-refractivity contribution in [1.82, 2.24) is 10.3 Å². The fourth-order valence-electron chi connectivity index (χ4n) is 2.25. The van der Waals surface area contributed by atoms with Crippen LogP contribution in [0.4, 0.5) is 5.82 Å². The maximum atomic E-state index is 5.68. The van der Waals surface area contributed by atoms with Gasteiger partial charge in [0.05, 0.1) is 11.8 Å². The number of ether oxygens (including phenoxy) is 1. The van der Waals surface area contributed by atoms with Gasteiger partial charge in [0.15, 0.2) is 0 Å². The Kier molecular flexibility index (Phi) is 5.16. The quantitative estimate of drug-likeness (QED) is 0.903. The van der Waals surface area contributed by atoms with Crippen molar-refractivity contribution >= 4 is 5.82 Å². The van der Waals surface area contributed by atoms with E-state index in [9.17, 15) is 0 Å². The predicted molar refractivity (Wildman–Crippen MR) is 78.5 cm³/mol. The van der Waals surface area contributed by atoms with Crippen LogP contribution in [0.25, 0.3) is 0 Å². The highest BCUT2D eigenvalue weighted by Crippen LogP contribution is 2.15. The van der Waals surface area contributed by atoms with Crippen LogP contribution >= 0.6 is 0 Å². The molecule has 0 aliphatic carbocycles. The first kappa shape index (κ1) is 14.3. The van der Waals surface area contributed by atoms with Crippen LogP contribution in [-0.2, 0) is 11.3 Å². The molecular weight excluding hydrogens is 238 g/mol. The molecule has 0 amide bonds. The third-order valence-electron chi connectivity index (χ3n) is 3.26. The molecule has 0 bridgehead atoms. The topological polar surface area (TPSA) is 37.4 Å². The van der Waals surface area contributed by atoms with E-state index in [0.29, 0.717) is 6.04 Å². The van der Waals surface area contributed by atoms with Gasteiger partial charge in [-0.05, 0) is 25.5 Å². The monoisotopic (exact) mass is 263 g/mol. The van der Waals surface area contributed by atoms with Gasteiger partial charge in [0.25, 0.3) is 0 Å². The molecule has 1 fully saturated rings. The Balaban J connectivity index is 2.04. The van der Waals surface area contributed by atoms with Crippen molar-refractivity contribution in [3.8, 4) is 0 Å². The zero-order chi connectivity index (χ0) is 13.7. The lowest BCUT2D eigenvalue weighted by Gasteiger charge is -2.23. The van der Waals surface area contributed by atoms with Crippen LogP contribution in [-0.4, -0.2) is 36.8 Å². The molecule has 0 saturated carbocycles. The average molecular weight is 263 g/mol. The number of pyridine rings is 1. The maximum Gasteiger partial charge on any atom is 0.128 e. The molecule has 1 aromatic rings. The first-order valence-electron chi connectivity index (χ1n) is 7.21. The molecule has 1 N–H and O–H groups in total. The average Bonchev–Trinajstić information content (AvgIpc) is 2.61. The van der Waals surface area contributed by atoms with Gasteiger partial charge in [-0.25, -0.2) is 4.98 Å². The van der Waals surface area contributed by atoms with Gasteiger partial charge in [0.1, 0.15) is 5.82 Å². The fourth-order valence-corrected chi connectivity index (χ4v) is 2.25. The van der Waals surface area contributed by atoms with Crippen LogP contribution < -0.4 is 10.2 Å². The van der Waals surface area contributed by atoms with Crippen molar-refractivity contribution < 1.29 is 4.74 Å². The number of nitrogens with one attached hydrogen (secondary N) is 1. The Hall–Kier alpha value is -1.13. The fraction of sp³-hybridized carbons (Fsp3) is 0.667. The molecule has 2 heterocycles. The Bertz CT molecular complexity index is 395. The third-order valence-corrected chi connectivity index (χ3v) is 3.26. The van der Waals surface area contributed by atoms with Crippen LogP contribution in [0.3, 0.4) is 0 Å². The number of nitrogens with zero attached hydrogens (tertiary/aromatic N) is 2. The van der Waals surface area contributed by atoms with E-state index >= 15 is 0 Å². The minimum atomic E-state index is 0.279. The van der Waals surface area contributed by atoms with Gasteiger partial charge >= 0.3 is 0 Å². The second-order valence-electron chi connectivity index (χ2n) is 5.50. The first-order chi connectivity index (χ1) is 9.15. The number of hydrogen-bond donors (Lipinski definition) is 1. The molecule has 4 heteroatoms. The summed E-state index contributed by atoms with van der Waals surface area (Å²) in [6.07, 6.45) is 1.35. The van der Waals surface area contributed by atoms with Crippen molar-refractivity contribution in [3.05, 3.63) is 23.9 Å². The minimum absolute atomic E-state index is 0.279. The highest BCUT2D eigenvalue weighted by Gasteiger charge is 2.16.